The first kappa shape index (κ1) is 15.0. The number of benzene rings is 2. The topological polar surface area (TPSA) is 55.1 Å². The summed E-state index contributed by atoms with van der Waals surface area (Å²) < 4.78 is 18.0. The van der Waals surface area contributed by atoms with E-state index in [1.54, 1.807) is 18.3 Å². The molecule has 116 valence electrons. The molecule has 0 unspecified atom stereocenters. The number of aromatic nitrogens is 1. The normalized spacial score (nSPS) is 10.5. The molecule has 1 heterocycles. The Bertz CT molecular complexity index is 808. The molecule has 0 aliphatic carbocycles. The molecule has 0 saturated carbocycles. The summed E-state index contributed by atoms with van der Waals surface area (Å²) in [5.41, 5.74) is 3.50. The van der Waals surface area contributed by atoms with Crippen molar-refractivity contribution in [2.24, 2.45) is 0 Å². The lowest BCUT2D eigenvalue weighted by molar-refractivity contribution is -0.115. The molecule has 0 spiro atoms. The first-order valence-corrected chi connectivity index (χ1v) is 7.18. The van der Waals surface area contributed by atoms with E-state index >= 15 is 0 Å². The van der Waals surface area contributed by atoms with Gasteiger partial charge in [0.15, 0.2) is 0 Å². The van der Waals surface area contributed by atoms with Crippen molar-refractivity contribution in [1.29, 1.82) is 0 Å². The SMILES string of the molecule is Cc1ccc(-c2cnoc2NC(=O)Cc2ccc(F)cc2)cc1. The third-order valence-corrected chi connectivity index (χ3v) is 3.46. The lowest BCUT2D eigenvalue weighted by atomic mass is 10.1. The van der Waals surface area contributed by atoms with Crippen molar-refractivity contribution in [3.63, 3.8) is 0 Å². The maximum absolute atomic E-state index is 12.9. The molecular formula is C18H15FN2O2. The number of halogens is 1. The lowest BCUT2D eigenvalue weighted by Crippen LogP contribution is -2.14. The van der Waals surface area contributed by atoms with Crippen LogP contribution in [0.15, 0.2) is 59.3 Å². The van der Waals surface area contributed by atoms with Gasteiger partial charge in [0.1, 0.15) is 5.82 Å². The van der Waals surface area contributed by atoms with E-state index in [-0.39, 0.29) is 18.1 Å². The zero-order chi connectivity index (χ0) is 16.2. The fraction of sp³-hybridized carbons (Fsp3) is 0.111. The van der Waals surface area contributed by atoms with Gasteiger partial charge in [-0.15, -0.1) is 0 Å². The number of nitrogens with one attached hydrogen (secondary N) is 1. The highest BCUT2D eigenvalue weighted by Crippen LogP contribution is 2.28. The Morgan fingerprint density at radius 3 is 2.52 bits per heavy atom. The van der Waals surface area contributed by atoms with Crippen LogP contribution < -0.4 is 5.32 Å². The highest BCUT2D eigenvalue weighted by atomic mass is 19.1. The highest BCUT2D eigenvalue weighted by molar-refractivity contribution is 5.94. The van der Waals surface area contributed by atoms with Gasteiger partial charge in [-0.25, -0.2) is 4.39 Å². The van der Waals surface area contributed by atoms with E-state index in [4.69, 9.17) is 4.52 Å². The van der Waals surface area contributed by atoms with Crippen LogP contribution in [0.2, 0.25) is 0 Å². The molecule has 1 N–H and O–H groups in total. The van der Waals surface area contributed by atoms with Gasteiger partial charge in [0.2, 0.25) is 11.8 Å². The zero-order valence-electron chi connectivity index (χ0n) is 12.5. The average Bonchev–Trinajstić information content (AvgIpc) is 2.98. The van der Waals surface area contributed by atoms with Gasteiger partial charge in [-0.05, 0) is 30.2 Å². The Labute approximate surface area is 132 Å². The minimum atomic E-state index is -0.328. The maximum atomic E-state index is 12.9. The molecule has 1 aromatic heterocycles. The molecule has 3 aromatic rings. The fourth-order valence-corrected chi connectivity index (χ4v) is 2.23. The first-order chi connectivity index (χ1) is 11.1. The molecule has 3 rings (SSSR count). The molecule has 0 fully saturated rings. The molecule has 2 aromatic carbocycles. The number of hydrogen-bond acceptors (Lipinski definition) is 3. The van der Waals surface area contributed by atoms with Crippen molar-refractivity contribution < 1.29 is 13.7 Å². The molecule has 1 amide bonds. The number of nitrogens with zero attached hydrogens (tertiary/aromatic N) is 1. The molecule has 5 heteroatoms. The Hall–Kier alpha value is -2.95. The van der Waals surface area contributed by atoms with Gasteiger partial charge < -0.3 is 4.52 Å². The van der Waals surface area contributed by atoms with Crippen LogP contribution in [-0.4, -0.2) is 11.1 Å². The summed E-state index contributed by atoms with van der Waals surface area (Å²) in [5.74, 6) is -0.270. The quantitative estimate of drug-likeness (QED) is 0.793. The second kappa shape index (κ2) is 6.44. The van der Waals surface area contributed by atoms with Crippen LogP contribution in [0.25, 0.3) is 11.1 Å². The van der Waals surface area contributed by atoms with E-state index < -0.39 is 0 Å². The Morgan fingerprint density at radius 2 is 1.83 bits per heavy atom. The minimum Gasteiger partial charge on any atom is -0.338 e. The van der Waals surface area contributed by atoms with Gasteiger partial charge in [-0.2, -0.15) is 0 Å². The van der Waals surface area contributed by atoms with E-state index in [1.165, 1.54) is 12.1 Å². The van der Waals surface area contributed by atoms with Gasteiger partial charge in [-0.1, -0.05) is 47.1 Å². The zero-order valence-corrected chi connectivity index (χ0v) is 12.5. The van der Waals surface area contributed by atoms with Crippen molar-refractivity contribution in [2.75, 3.05) is 5.32 Å². The summed E-state index contributed by atoms with van der Waals surface area (Å²) in [7, 11) is 0. The molecule has 0 atom stereocenters. The predicted octanol–water partition coefficient (Wildman–Crippen LogP) is 3.97. The van der Waals surface area contributed by atoms with Crippen molar-refractivity contribution in [1.82, 2.24) is 5.16 Å². The summed E-state index contributed by atoms with van der Waals surface area (Å²) in [5, 5.41) is 6.46. The number of carbonyl (C=O) groups excluding carboxylic acids is 1. The monoisotopic (exact) mass is 310 g/mol. The summed E-state index contributed by atoms with van der Waals surface area (Å²) in [6.07, 6.45) is 1.70. The number of hydrogen-bond donors (Lipinski definition) is 1. The van der Waals surface area contributed by atoms with E-state index in [1.807, 2.05) is 31.2 Å². The molecule has 0 radical (unpaired) electrons. The van der Waals surface area contributed by atoms with Crippen molar-refractivity contribution in [3.05, 3.63) is 71.7 Å². The van der Waals surface area contributed by atoms with Crippen LogP contribution in [0.5, 0.6) is 0 Å². The molecule has 0 aliphatic heterocycles. The van der Waals surface area contributed by atoms with Gasteiger partial charge >= 0.3 is 0 Å². The number of amides is 1. The van der Waals surface area contributed by atoms with E-state index in [2.05, 4.69) is 10.5 Å². The van der Waals surface area contributed by atoms with Gasteiger partial charge in [0.25, 0.3) is 0 Å². The van der Waals surface area contributed by atoms with Crippen molar-refractivity contribution in [3.8, 4) is 11.1 Å². The van der Waals surface area contributed by atoms with Crippen LogP contribution in [0.1, 0.15) is 11.1 Å². The number of anilines is 1. The van der Waals surface area contributed by atoms with Gasteiger partial charge in [-0.3, -0.25) is 10.1 Å². The molecule has 23 heavy (non-hydrogen) atoms. The minimum absolute atomic E-state index is 0.133. The third-order valence-electron chi connectivity index (χ3n) is 3.46. The predicted molar refractivity (Wildman–Crippen MR) is 85.4 cm³/mol. The smallest absolute Gasteiger partial charge is 0.239 e. The summed E-state index contributed by atoms with van der Waals surface area (Å²) in [6, 6.07) is 13.7. The lowest BCUT2D eigenvalue weighted by Gasteiger charge is -2.05. The second-order valence-corrected chi connectivity index (χ2v) is 5.29. The summed E-state index contributed by atoms with van der Waals surface area (Å²) >= 11 is 0. The molecule has 4 nitrogen and oxygen atoms in total. The van der Waals surface area contributed by atoms with E-state index in [0.717, 1.165) is 22.3 Å². The Morgan fingerprint density at radius 1 is 1.13 bits per heavy atom. The molecule has 0 saturated heterocycles. The standard InChI is InChI=1S/C18H15FN2O2/c1-12-2-6-14(7-3-12)16-11-20-23-18(16)21-17(22)10-13-4-8-15(19)9-5-13/h2-9,11H,10H2,1H3,(H,21,22). The van der Waals surface area contributed by atoms with Crippen LogP contribution >= 0.6 is 0 Å². The Balaban J connectivity index is 1.73. The van der Waals surface area contributed by atoms with E-state index in [9.17, 15) is 9.18 Å². The number of carbonyl (C=O) groups is 1. The number of rotatable bonds is 4. The van der Waals surface area contributed by atoms with Crippen LogP contribution in [0, 0.1) is 12.7 Å². The highest BCUT2D eigenvalue weighted by Gasteiger charge is 2.13. The van der Waals surface area contributed by atoms with Gasteiger partial charge in [0.05, 0.1) is 18.2 Å². The molecule has 0 bridgehead atoms. The first-order valence-electron chi connectivity index (χ1n) is 7.18. The van der Waals surface area contributed by atoms with Crippen LogP contribution in [0.4, 0.5) is 10.3 Å². The van der Waals surface area contributed by atoms with Gasteiger partial charge in [0, 0.05) is 0 Å². The average molecular weight is 310 g/mol. The third kappa shape index (κ3) is 3.63. The van der Waals surface area contributed by atoms with Crippen LogP contribution in [-0.2, 0) is 11.2 Å². The van der Waals surface area contributed by atoms with Crippen LogP contribution in [0.3, 0.4) is 0 Å². The molecular weight excluding hydrogens is 295 g/mol. The largest absolute Gasteiger partial charge is 0.338 e. The molecule has 0 aliphatic rings. The van der Waals surface area contributed by atoms with Crippen molar-refractivity contribution >= 4 is 11.8 Å². The Kier molecular flexibility index (Phi) is 4.19. The summed E-state index contributed by atoms with van der Waals surface area (Å²) in [6.45, 7) is 2.00. The van der Waals surface area contributed by atoms with E-state index in [0.29, 0.717) is 5.88 Å². The summed E-state index contributed by atoms with van der Waals surface area (Å²) in [4.78, 5) is 12.1. The van der Waals surface area contributed by atoms with Crippen molar-refractivity contribution in [2.45, 2.75) is 13.3 Å². The number of aryl methyl sites for hydroxylation is 1. The maximum Gasteiger partial charge on any atom is 0.239 e. The second-order valence-electron chi connectivity index (χ2n) is 5.29. The fourth-order valence-electron chi connectivity index (χ4n) is 2.23.